The normalized spacial score (nSPS) is 10.7. The van der Waals surface area contributed by atoms with Crippen LogP contribution in [0.1, 0.15) is 31.9 Å². The molecule has 0 spiro atoms. The lowest BCUT2D eigenvalue weighted by Gasteiger charge is -2.11. The Bertz CT molecular complexity index is 610. The number of rotatable bonds is 8. The van der Waals surface area contributed by atoms with E-state index in [4.69, 9.17) is 15.2 Å². The van der Waals surface area contributed by atoms with E-state index in [0.717, 1.165) is 29.9 Å². The summed E-state index contributed by atoms with van der Waals surface area (Å²) in [4.78, 5) is 0. The molecule has 0 aliphatic heterocycles. The molecular weight excluding hydrogens is 280 g/mol. The number of hydrogen-bond donors (Lipinski definition) is 1. The van der Waals surface area contributed by atoms with Crippen LogP contribution in [-0.2, 0) is 13.1 Å². The smallest absolute Gasteiger partial charge is 0.161 e. The van der Waals surface area contributed by atoms with Crippen LogP contribution in [0.25, 0.3) is 11.3 Å². The van der Waals surface area contributed by atoms with E-state index in [9.17, 15) is 0 Å². The summed E-state index contributed by atoms with van der Waals surface area (Å²) < 4.78 is 12.6. The third-order valence-corrected chi connectivity index (χ3v) is 3.63. The molecule has 0 bridgehead atoms. The first-order chi connectivity index (χ1) is 10.7. The van der Waals surface area contributed by atoms with Crippen LogP contribution in [0.4, 0.5) is 0 Å². The van der Waals surface area contributed by atoms with Gasteiger partial charge >= 0.3 is 0 Å². The molecule has 6 nitrogen and oxygen atoms in total. The van der Waals surface area contributed by atoms with Crippen molar-refractivity contribution in [1.29, 1.82) is 0 Å². The molecule has 0 radical (unpaired) electrons. The maximum Gasteiger partial charge on any atom is 0.161 e. The van der Waals surface area contributed by atoms with Gasteiger partial charge in [0.25, 0.3) is 0 Å². The third-order valence-electron chi connectivity index (χ3n) is 3.63. The quantitative estimate of drug-likeness (QED) is 0.759. The van der Waals surface area contributed by atoms with E-state index in [1.165, 1.54) is 12.8 Å². The summed E-state index contributed by atoms with van der Waals surface area (Å²) in [5.41, 5.74) is 8.55. The first kappa shape index (κ1) is 16.3. The lowest BCUT2D eigenvalue weighted by atomic mass is 10.1. The Labute approximate surface area is 131 Å². The van der Waals surface area contributed by atoms with E-state index in [-0.39, 0.29) is 0 Å². The van der Waals surface area contributed by atoms with Gasteiger partial charge in [-0.1, -0.05) is 25.0 Å². The molecule has 2 rings (SSSR count). The molecule has 0 aliphatic rings. The number of benzene rings is 1. The summed E-state index contributed by atoms with van der Waals surface area (Å²) >= 11 is 0. The van der Waals surface area contributed by atoms with Gasteiger partial charge in [0, 0.05) is 18.7 Å². The van der Waals surface area contributed by atoms with E-state index in [0.29, 0.717) is 18.0 Å². The molecule has 1 heterocycles. The van der Waals surface area contributed by atoms with Crippen molar-refractivity contribution in [2.45, 2.75) is 39.3 Å². The predicted octanol–water partition coefficient (Wildman–Crippen LogP) is 2.61. The van der Waals surface area contributed by atoms with Crippen molar-refractivity contribution in [3.8, 4) is 22.8 Å². The highest BCUT2D eigenvalue weighted by atomic mass is 16.5. The van der Waals surface area contributed by atoms with Gasteiger partial charge in [-0.25, -0.2) is 4.68 Å². The van der Waals surface area contributed by atoms with E-state index in [2.05, 4.69) is 17.2 Å². The number of aromatic nitrogens is 3. The molecule has 22 heavy (non-hydrogen) atoms. The Morgan fingerprint density at radius 1 is 1.14 bits per heavy atom. The largest absolute Gasteiger partial charge is 0.493 e. The van der Waals surface area contributed by atoms with Crippen molar-refractivity contribution >= 4 is 0 Å². The van der Waals surface area contributed by atoms with Crippen molar-refractivity contribution < 1.29 is 9.47 Å². The minimum absolute atomic E-state index is 0.359. The van der Waals surface area contributed by atoms with E-state index in [1.54, 1.807) is 14.2 Å². The number of nitrogens with zero attached hydrogens (tertiary/aromatic N) is 3. The van der Waals surface area contributed by atoms with Crippen LogP contribution in [0, 0.1) is 0 Å². The van der Waals surface area contributed by atoms with E-state index >= 15 is 0 Å². The molecule has 120 valence electrons. The van der Waals surface area contributed by atoms with Crippen LogP contribution in [0.5, 0.6) is 11.5 Å². The monoisotopic (exact) mass is 304 g/mol. The molecule has 1 aromatic heterocycles. The zero-order valence-corrected chi connectivity index (χ0v) is 13.5. The molecular formula is C16H24N4O2. The summed E-state index contributed by atoms with van der Waals surface area (Å²) in [7, 11) is 3.25. The fraction of sp³-hybridized carbons (Fsp3) is 0.500. The first-order valence-corrected chi connectivity index (χ1v) is 7.60. The number of unbranched alkanes of at least 4 members (excludes halogenated alkanes) is 2. The second-order valence-electron chi connectivity index (χ2n) is 5.09. The molecule has 0 fully saturated rings. The van der Waals surface area contributed by atoms with Crippen LogP contribution >= 0.6 is 0 Å². The minimum atomic E-state index is 0.359. The summed E-state index contributed by atoms with van der Waals surface area (Å²) in [6.07, 6.45) is 3.41. The molecule has 6 heteroatoms. The maximum atomic E-state index is 5.81. The number of ether oxygens (including phenoxy) is 2. The van der Waals surface area contributed by atoms with Crippen LogP contribution in [0.2, 0.25) is 0 Å². The van der Waals surface area contributed by atoms with Gasteiger partial charge < -0.3 is 15.2 Å². The Balaban J connectivity index is 2.39. The minimum Gasteiger partial charge on any atom is -0.493 e. The number of methoxy groups -OCH3 is 2. The second-order valence-corrected chi connectivity index (χ2v) is 5.09. The Hall–Kier alpha value is -2.08. The Morgan fingerprint density at radius 2 is 1.91 bits per heavy atom. The molecule has 0 atom stereocenters. The van der Waals surface area contributed by atoms with Gasteiger partial charge in [-0.3, -0.25) is 0 Å². The highest BCUT2D eigenvalue weighted by Crippen LogP contribution is 2.33. The average molecular weight is 304 g/mol. The second kappa shape index (κ2) is 7.79. The van der Waals surface area contributed by atoms with Crippen molar-refractivity contribution in [2.24, 2.45) is 5.73 Å². The number of aryl methyl sites for hydroxylation is 1. The van der Waals surface area contributed by atoms with Gasteiger partial charge in [-0.05, 0) is 24.6 Å². The highest BCUT2D eigenvalue weighted by molar-refractivity contribution is 5.66. The molecule has 2 aromatic rings. The molecule has 0 saturated heterocycles. The number of hydrogen-bond acceptors (Lipinski definition) is 5. The third kappa shape index (κ3) is 3.39. The van der Waals surface area contributed by atoms with Crippen molar-refractivity contribution in [2.75, 3.05) is 14.2 Å². The number of nitrogens with two attached hydrogens (primary N) is 1. The predicted molar refractivity (Wildman–Crippen MR) is 86.0 cm³/mol. The Kier molecular flexibility index (Phi) is 5.77. The fourth-order valence-corrected chi connectivity index (χ4v) is 2.45. The van der Waals surface area contributed by atoms with Crippen molar-refractivity contribution in [1.82, 2.24) is 15.0 Å². The van der Waals surface area contributed by atoms with Gasteiger partial charge in [-0.2, -0.15) is 0 Å². The summed E-state index contributed by atoms with van der Waals surface area (Å²) in [5.74, 6) is 1.38. The molecule has 1 aromatic carbocycles. The highest BCUT2D eigenvalue weighted by Gasteiger charge is 2.16. The fourth-order valence-electron chi connectivity index (χ4n) is 2.45. The lowest BCUT2D eigenvalue weighted by molar-refractivity contribution is 0.355. The van der Waals surface area contributed by atoms with Gasteiger partial charge in [0.15, 0.2) is 11.5 Å². The van der Waals surface area contributed by atoms with Crippen LogP contribution in [-0.4, -0.2) is 29.2 Å². The van der Waals surface area contributed by atoms with Gasteiger partial charge in [0.1, 0.15) is 5.69 Å². The molecule has 0 saturated carbocycles. The van der Waals surface area contributed by atoms with Gasteiger partial charge in [-0.15, -0.1) is 5.10 Å². The SMILES string of the molecule is CCCCCn1nnc(CN)c1-c1ccc(OC)c(OC)c1. The molecule has 0 unspecified atom stereocenters. The van der Waals surface area contributed by atoms with Gasteiger partial charge in [0.05, 0.1) is 19.9 Å². The topological polar surface area (TPSA) is 75.2 Å². The summed E-state index contributed by atoms with van der Waals surface area (Å²) in [5, 5.41) is 8.45. The zero-order valence-electron chi connectivity index (χ0n) is 13.5. The summed E-state index contributed by atoms with van der Waals surface area (Å²) in [6, 6.07) is 5.81. The zero-order chi connectivity index (χ0) is 15.9. The molecule has 2 N–H and O–H groups in total. The molecule has 0 aliphatic carbocycles. The molecule has 0 amide bonds. The van der Waals surface area contributed by atoms with E-state index < -0.39 is 0 Å². The maximum absolute atomic E-state index is 5.81. The van der Waals surface area contributed by atoms with Crippen LogP contribution in [0.3, 0.4) is 0 Å². The van der Waals surface area contributed by atoms with Crippen molar-refractivity contribution in [3.05, 3.63) is 23.9 Å². The van der Waals surface area contributed by atoms with Crippen LogP contribution in [0.15, 0.2) is 18.2 Å². The van der Waals surface area contributed by atoms with Crippen LogP contribution < -0.4 is 15.2 Å². The average Bonchev–Trinajstić information content (AvgIpc) is 2.97. The van der Waals surface area contributed by atoms with E-state index in [1.807, 2.05) is 22.9 Å². The standard InChI is InChI=1S/C16H24N4O2/c1-4-5-6-9-20-16(13(11-17)18-19-20)12-7-8-14(21-2)15(10-12)22-3/h7-8,10H,4-6,9,11,17H2,1-3H3. The summed E-state index contributed by atoms with van der Waals surface area (Å²) in [6.45, 7) is 3.38. The van der Waals surface area contributed by atoms with Gasteiger partial charge in [0.2, 0.25) is 0 Å². The lowest BCUT2D eigenvalue weighted by Crippen LogP contribution is -2.05. The van der Waals surface area contributed by atoms with Crippen molar-refractivity contribution in [3.63, 3.8) is 0 Å². The first-order valence-electron chi connectivity index (χ1n) is 7.60. The Morgan fingerprint density at radius 3 is 2.55 bits per heavy atom.